The molecule has 0 saturated carbocycles. The van der Waals surface area contributed by atoms with Gasteiger partial charge in [-0.1, -0.05) is 188 Å². The van der Waals surface area contributed by atoms with E-state index in [9.17, 15) is 0 Å². The maximum absolute atomic E-state index is 7.27. The average Bonchev–Trinajstić information content (AvgIpc) is 4.26. The second-order valence-electron chi connectivity index (χ2n) is 21.2. The minimum atomic E-state index is -0.119. The number of anilines is 3. The predicted molar refractivity (Wildman–Crippen MR) is 331 cm³/mol. The molecule has 0 unspecified atom stereocenters. The third-order valence-electron chi connectivity index (χ3n) is 16.9. The second kappa shape index (κ2) is 16.9. The Kier molecular flexibility index (Phi) is 9.36. The summed E-state index contributed by atoms with van der Waals surface area (Å²) in [4.78, 5) is 2.53. The van der Waals surface area contributed by atoms with Crippen molar-refractivity contribution in [3.8, 4) is 50.8 Å². The van der Waals surface area contributed by atoms with E-state index < -0.39 is 0 Å². The molecule has 3 aromatic heterocycles. The summed E-state index contributed by atoms with van der Waals surface area (Å²) in [5.74, 6) is 1.76. The van der Waals surface area contributed by atoms with Crippen LogP contribution >= 0.6 is 0 Å². The van der Waals surface area contributed by atoms with E-state index in [-0.39, 0.29) is 6.71 Å². The zero-order valence-electron chi connectivity index (χ0n) is 43.2. The van der Waals surface area contributed by atoms with Crippen LogP contribution in [0.5, 0.6) is 11.5 Å². The van der Waals surface area contributed by atoms with E-state index in [0.29, 0.717) is 0 Å². The van der Waals surface area contributed by atoms with E-state index in [0.717, 1.165) is 89.9 Å². The van der Waals surface area contributed by atoms with Gasteiger partial charge in [0, 0.05) is 66.6 Å². The van der Waals surface area contributed by atoms with Crippen molar-refractivity contribution in [2.45, 2.75) is 6.92 Å². The van der Waals surface area contributed by atoms with Crippen LogP contribution in [0.1, 0.15) is 5.56 Å². The Hall–Kier alpha value is -10.3. The summed E-state index contributed by atoms with van der Waals surface area (Å²) in [5, 5.41) is 7.36. The van der Waals surface area contributed by atoms with Gasteiger partial charge >= 0.3 is 0 Å². The number of fused-ring (bicyclic) bond motifs is 13. The van der Waals surface area contributed by atoms with Crippen molar-refractivity contribution in [3.63, 3.8) is 0 Å². The molecule has 0 radical (unpaired) electrons. The van der Waals surface area contributed by atoms with Crippen molar-refractivity contribution >= 4 is 106 Å². The molecule has 0 fully saturated rings. The molecule has 2 aliphatic heterocycles. The highest BCUT2D eigenvalue weighted by Crippen LogP contribution is 2.48. The Labute approximate surface area is 456 Å². The van der Waals surface area contributed by atoms with Crippen molar-refractivity contribution in [1.29, 1.82) is 0 Å². The number of nitrogens with zero attached hydrogens (tertiary/aromatic N) is 4. The monoisotopic (exact) mass is 1010 g/mol. The van der Waals surface area contributed by atoms with Crippen molar-refractivity contribution < 1.29 is 4.74 Å². The first-order valence-electron chi connectivity index (χ1n) is 27.3. The van der Waals surface area contributed by atoms with Gasteiger partial charge in [-0.25, -0.2) is 0 Å². The molecule has 0 atom stereocenters. The van der Waals surface area contributed by atoms with Crippen LogP contribution in [0.25, 0.3) is 105 Å². The molecule has 5 heterocycles. The Morgan fingerprint density at radius 1 is 0.316 bits per heavy atom. The molecule has 0 bridgehead atoms. The maximum atomic E-state index is 7.27. The number of benzene rings is 12. The van der Waals surface area contributed by atoms with E-state index in [1.165, 1.54) is 65.3 Å². The molecule has 12 aromatic carbocycles. The van der Waals surface area contributed by atoms with E-state index >= 15 is 0 Å². The molecule has 17 rings (SSSR count). The van der Waals surface area contributed by atoms with Gasteiger partial charge in [-0.05, 0) is 113 Å². The fourth-order valence-electron chi connectivity index (χ4n) is 13.7. The molecular weight excluding hydrogens is 960 g/mol. The van der Waals surface area contributed by atoms with Crippen LogP contribution < -0.4 is 26.0 Å². The molecule has 5 nitrogen and oxygen atoms in total. The lowest BCUT2D eigenvalue weighted by Gasteiger charge is -2.41. The van der Waals surface area contributed by atoms with Crippen molar-refractivity contribution in [1.82, 2.24) is 13.7 Å². The number of aromatic nitrogens is 3. The maximum Gasteiger partial charge on any atom is 0.256 e. The standard InChI is InChI=1S/C73H47BN4O/c1-46-42-69-72-71(43-46)79-70-45-49(75-61-31-13-6-23-52(61)53-24-7-14-32-62(53)75)39-41-59(70)74(72)58-40-38-48(44-68(58)77(69)60-30-12-5-22-50(60)47-20-3-2-4-21-47)51-29-19-37-67(76-63-33-15-8-25-54(63)55-26-9-16-34-64(55)76)73(51)78-65-35-17-10-27-56(65)57-28-11-18-36-66(57)78/h2-45H,1H3. The minimum Gasteiger partial charge on any atom is -0.458 e. The van der Waals surface area contributed by atoms with Gasteiger partial charge in [0.15, 0.2) is 0 Å². The Morgan fingerprint density at radius 3 is 1.42 bits per heavy atom. The quantitative estimate of drug-likeness (QED) is 0.155. The number of rotatable bonds is 6. The zero-order chi connectivity index (χ0) is 51.9. The molecule has 0 N–H and O–H groups in total. The van der Waals surface area contributed by atoms with Crippen LogP contribution in [0.4, 0.5) is 17.1 Å². The SMILES string of the molecule is Cc1cc2c3c(c1)N(c1ccccc1-c1ccccc1)c1cc(-c4cccc(-n5c6ccccc6c6ccccc65)c4-n4c5ccccc5c5ccccc54)ccc1B3c1ccc(-n3c4ccccc4c4ccccc43)cc1O2. The van der Waals surface area contributed by atoms with Gasteiger partial charge in [0.1, 0.15) is 11.5 Å². The van der Waals surface area contributed by atoms with E-state index in [1.807, 2.05) is 0 Å². The second-order valence-corrected chi connectivity index (χ2v) is 21.2. The number of ether oxygens (including phenoxy) is 1. The molecule has 2 aliphatic rings. The van der Waals surface area contributed by atoms with Gasteiger partial charge in [-0.15, -0.1) is 0 Å². The molecule has 0 spiro atoms. The van der Waals surface area contributed by atoms with Crippen LogP contribution in [-0.2, 0) is 0 Å². The third kappa shape index (κ3) is 6.34. The number of aryl methyl sites for hydroxylation is 1. The van der Waals surface area contributed by atoms with E-state index in [2.05, 4.69) is 292 Å². The molecule has 0 amide bonds. The summed E-state index contributed by atoms with van der Waals surface area (Å²) in [7, 11) is 0. The average molecular weight is 1010 g/mol. The number of para-hydroxylation sites is 8. The van der Waals surface area contributed by atoms with Crippen LogP contribution in [-0.4, -0.2) is 20.4 Å². The Balaban J connectivity index is 0.951. The Bertz CT molecular complexity index is 4880. The first-order valence-corrected chi connectivity index (χ1v) is 27.3. The van der Waals surface area contributed by atoms with Crippen molar-refractivity contribution in [2.75, 3.05) is 4.90 Å². The van der Waals surface area contributed by atoms with Crippen molar-refractivity contribution in [2.24, 2.45) is 0 Å². The summed E-state index contributed by atoms with van der Waals surface area (Å²) >= 11 is 0. The highest BCUT2D eigenvalue weighted by Gasteiger charge is 2.43. The van der Waals surface area contributed by atoms with Gasteiger partial charge in [-0.2, -0.15) is 0 Å². The smallest absolute Gasteiger partial charge is 0.256 e. The molecular formula is C73H47BN4O. The van der Waals surface area contributed by atoms with Gasteiger partial charge in [0.2, 0.25) is 0 Å². The molecule has 0 aliphatic carbocycles. The Morgan fingerprint density at radius 2 is 0.810 bits per heavy atom. The van der Waals surface area contributed by atoms with Gasteiger partial charge < -0.3 is 23.3 Å². The minimum absolute atomic E-state index is 0.119. The molecule has 0 saturated heterocycles. The zero-order valence-corrected chi connectivity index (χ0v) is 43.2. The van der Waals surface area contributed by atoms with E-state index in [1.54, 1.807) is 0 Å². The van der Waals surface area contributed by atoms with Crippen LogP contribution in [0.15, 0.2) is 267 Å². The van der Waals surface area contributed by atoms with Crippen LogP contribution in [0.3, 0.4) is 0 Å². The first kappa shape index (κ1) is 43.9. The van der Waals surface area contributed by atoms with E-state index in [4.69, 9.17) is 4.74 Å². The van der Waals surface area contributed by atoms with Gasteiger partial charge in [0.05, 0.1) is 50.2 Å². The predicted octanol–water partition coefficient (Wildman–Crippen LogP) is 17.0. The molecule has 368 valence electrons. The van der Waals surface area contributed by atoms with Crippen molar-refractivity contribution in [3.05, 3.63) is 272 Å². The highest BCUT2D eigenvalue weighted by molar-refractivity contribution is 6.99. The molecule has 15 aromatic rings. The largest absolute Gasteiger partial charge is 0.458 e. The molecule has 6 heteroatoms. The summed E-state index contributed by atoms with van der Waals surface area (Å²) in [5.41, 5.74) is 22.8. The summed E-state index contributed by atoms with van der Waals surface area (Å²) in [6.45, 7) is 2.08. The third-order valence-corrected chi connectivity index (χ3v) is 16.9. The highest BCUT2D eigenvalue weighted by atomic mass is 16.5. The van der Waals surface area contributed by atoms with Crippen LogP contribution in [0, 0.1) is 6.92 Å². The lowest BCUT2D eigenvalue weighted by Crippen LogP contribution is -2.59. The summed E-state index contributed by atoms with van der Waals surface area (Å²) < 4.78 is 14.7. The topological polar surface area (TPSA) is 27.3 Å². The molecule has 79 heavy (non-hydrogen) atoms. The number of hydrogen-bond donors (Lipinski definition) is 0. The first-order chi connectivity index (χ1) is 39.1. The fraction of sp³-hybridized carbons (Fsp3) is 0.0137. The van der Waals surface area contributed by atoms with Gasteiger partial charge in [0.25, 0.3) is 6.71 Å². The van der Waals surface area contributed by atoms with Crippen LogP contribution in [0.2, 0.25) is 0 Å². The fourth-order valence-corrected chi connectivity index (χ4v) is 13.7. The summed E-state index contributed by atoms with van der Waals surface area (Å²) in [6, 6.07) is 98.3. The van der Waals surface area contributed by atoms with Gasteiger partial charge in [-0.3, -0.25) is 0 Å². The lowest BCUT2D eigenvalue weighted by molar-refractivity contribution is 0.487. The number of hydrogen-bond acceptors (Lipinski definition) is 2. The lowest BCUT2D eigenvalue weighted by atomic mass is 9.34. The normalized spacial score (nSPS) is 12.7. The summed E-state index contributed by atoms with van der Waals surface area (Å²) in [6.07, 6.45) is 0.